The number of aryl methyl sites for hydroxylation is 2. The zero-order chi connectivity index (χ0) is 15.3. The molecule has 21 heavy (non-hydrogen) atoms. The van der Waals surface area contributed by atoms with Gasteiger partial charge in [-0.15, -0.1) is 0 Å². The first kappa shape index (κ1) is 16.3. The molecule has 1 aliphatic rings. The Kier molecular flexibility index (Phi) is 5.62. The van der Waals surface area contributed by atoms with Crippen molar-refractivity contribution >= 4 is 0 Å². The highest BCUT2D eigenvalue weighted by molar-refractivity contribution is 5.32. The fourth-order valence-electron chi connectivity index (χ4n) is 2.95. The van der Waals surface area contributed by atoms with Crippen molar-refractivity contribution in [3.63, 3.8) is 0 Å². The van der Waals surface area contributed by atoms with Crippen LogP contribution in [0.5, 0.6) is 5.75 Å². The highest BCUT2D eigenvalue weighted by atomic mass is 16.5. The number of rotatable bonds is 7. The Morgan fingerprint density at radius 3 is 2.43 bits per heavy atom. The quantitative estimate of drug-likeness (QED) is 0.719. The molecule has 0 aliphatic heterocycles. The van der Waals surface area contributed by atoms with Crippen LogP contribution in [0, 0.1) is 13.8 Å². The van der Waals surface area contributed by atoms with Crippen molar-refractivity contribution in [3.8, 4) is 5.75 Å². The molecule has 1 unspecified atom stereocenters. The van der Waals surface area contributed by atoms with Gasteiger partial charge in [-0.2, -0.15) is 0 Å². The van der Waals surface area contributed by atoms with Gasteiger partial charge >= 0.3 is 0 Å². The molecule has 0 heterocycles. The van der Waals surface area contributed by atoms with E-state index < -0.39 is 11.7 Å². The molecule has 0 amide bonds. The first-order valence-electron chi connectivity index (χ1n) is 7.79. The second-order valence-electron chi connectivity index (χ2n) is 6.35. The summed E-state index contributed by atoms with van der Waals surface area (Å²) in [5, 5.41) is 23.3. The monoisotopic (exact) mass is 293 g/mol. The maximum atomic E-state index is 10.2. The van der Waals surface area contributed by atoms with Crippen LogP contribution in [0.3, 0.4) is 0 Å². The van der Waals surface area contributed by atoms with E-state index in [0.29, 0.717) is 13.1 Å². The fourth-order valence-corrected chi connectivity index (χ4v) is 2.95. The van der Waals surface area contributed by atoms with E-state index in [4.69, 9.17) is 4.74 Å². The van der Waals surface area contributed by atoms with Gasteiger partial charge in [-0.25, -0.2) is 0 Å². The lowest BCUT2D eigenvalue weighted by Gasteiger charge is -2.23. The molecule has 0 radical (unpaired) electrons. The minimum Gasteiger partial charge on any atom is -0.491 e. The molecule has 1 aromatic rings. The Hall–Kier alpha value is -1.10. The van der Waals surface area contributed by atoms with Crippen molar-refractivity contribution in [3.05, 3.63) is 29.3 Å². The molecule has 118 valence electrons. The Bertz CT molecular complexity index is 435. The van der Waals surface area contributed by atoms with Gasteiger partial charge in [0.1, 0.15) is 18.5 Å². The van der Waals surface area contributed by atoms with E-state index in [1.165, 1.54) is 0 Å². The van der Waals surface area contributed by atoms with E-state index in [9.17, 15) is 10.2 Å². The summed E-state index contributed by atoms with van der Waals surface area (Å²) in [5.74, 6) is 0.793. The number of benzene rings is 1. The number of aliphatic hydroxyl groups excluding tert-OH is 1. The average molecular weight is 293 g/mol. The maximum absolute atomic E-state index is 10.2. The summed E-state index contributed by atoms with van der Waals surface area (Å²) in [6.07, 6.45) is 3.33. The van der Waals surface area contributed by atoms with Crippen LogP contribution >= 0.6 is 0 Å². The number of hydrogen-bond donors (Lipinski definition) is 3. The highest BCUT2D eigenvalue weighted by Gasteiger charge is 2.30. The lowest BCUT2D eigenvalue weighted by atomic mass is 10.0. The Labute approximate surface area is 127 Å². The molecule has 1 aliphatic carbocycles. The normalized spacial score (nSPS) is 18.7. The second-order valence-corrected chi connectivity index (χ2v) is 6.35. The van der Waals surface area contributed by atoms with Crippen LogP contribution in [0.15, 0.2) is 18.2 Å². The number of nitrogens with one attached hydrogen (secondary N) is 1. The van der Waals surface area contributed by atoms with Gasteiger partial charge in [0.25, 0.3) is 0 Å². The van der Waals surface area contributed by atoms with Gasteiger partial charge in [0, 0.05) is 13.1 Å². The molecule has 1 saturated carbocycles. The third-order valence-electron chi connectivity index (χ3n) is 4.01. The van der Waals surface area contributed by atoms with E-state index in [2.05, 4.69) is 11.4 Å². The largest absolute Gasteiger partial charge is 0.491 e. The van der Waals surface area contributed by atoms with Crippen LogP contribution < -0.4 is 10.1 Å². The molecule has 0 spiro atoms. The lowest BCUT2D eigenvalue weighted by Crippen LogP contribution is -2.42. The molecule has 1 fully saturated rings. The SMILES string of the molecule is Cc1cc(C)cc(OCC(O)CNCC2(O)CCCC2)c1. The first-order valence-corrected chi connectivity index (χ1v) is 7.79. The summed E-state index contributed by atoms with van der Waals surface area (Å²) in [6, 6.07) is 6.02. The summed E-state index contributed by atoms with van der Waals surface area (Å²) < 4.78 is 5.62. The standard InChI is InChI=1S/C17H27NO3/c1-13-7-14(2)9-16(8-13)21-11-15(19)10-18-12-17(20)5-3-4-6-17/h7-9,15,18-20H,3-6,10-12H2,1-2H3. The first-order chi connectivity index (χ1) is 9.97. The number of aliphatic hydroxyl groups is 2. The highest BCUT2D eigenvalue weighted by Crippen LogP contribution is 2.28. The molecule has 3 N–H and O–H groups in total. The van der Waals surface area contributed by atoms with Crippen LogP contribution in [0.1, 0.15) is 36.8 Å². The van der Waals surface area contributed by atoms with E-state index >= 15 is 0 Å². The number of hydrogen-bond acceptors (Lipinski definition) is 4. The molecule has 0 saturated heterocycles. The summed E-state index contributed by atoms with van der Waals surface area (Å²) in [6.45, 7) is 5.30. The summed E-state index contributed by atoms with van der Waals surface area (Å²) in [5.41, 5.74) is 1.73. The molecule has 2 rings (SSSR count). The summed E-state index contributed by atoms with van der Waals surface area (Å²) in [4.78, 5) is 0. The van der Waals surface area contributed by atoms with Crippen LogP contribution in [-0.2, 0) is 0 Å². The van der Waals surface area contributed by atoms with Crippen LogP contribution in [0.4, 0.5) is 0 Å². The molecular formula is C17H27NO3. The zero-order valence-electron chi connectivity index (χ0n) is 13.1. The molecule has 0 aromatic heterocycles. The number of ether oxygens (including phenoxy) is 1. The Morgan fingerprint density at radius 2 is 1.81 bits per heavy atom. The average Bonchev–Trinajstić information content (AvgIpc) is 2.82. The van der Waals surface area contributed by atoms with E-state index in [1.807, 2.05) is 26.0 Å². The molecule has 1 atom stereocenters. The Morgan fingerprint density at radius 1 is 1.19 bits per heavy atom. The minimum absolute atomic E-state index is 0.258. The van der Waals surface area contributed by atoms with E-state index in [-0.39, 0.29) is 6.61 Å². The molecular weight excluding hydrogens is 266 g/mol. The smallest absolute Gasteiger partial charge is 0.119 e. The predicted molar refractivity (Wildman–Crippen MR) is 83.7 cm³/mol. The van der Waals surface area contributed by atoms with Gasteiger partial charge in [0.2, 0.25) is 0 Å². The third-order valence-corrected chi connectivity index (χ3v) is 4.01. The summed E-state index contributed by atoms with van der Waals surface area (Å²) >= 11 is 0. The van der Waals surface area contributed by atoms with Crippen molar-refractivity contribution in [1.82, 2.24) is 5.32 Å². The molecule has 4 nitrogen and oxygen atoms in total. The van der Waals surface area contributed by atoms with Crippen LogP contribution in [-0.4, -0.2) is 41.6 Å². The zero-order valence-corrected chi connectivity index (χ0v) is 13.1. The van der Waals surface area contributed by atoms with Crippen molar-refractivity contribution in [2.24, 2.45) is 0 Å². The van der Waals surface area contributed by atoms with Crippen molar-refractivity contribution < 1.29 is 14.9 Å². The summed E-state index contributed by atoms with van der Waals surface area (Å²) in [7, 11) is 0. The van der Waals surface area contributed by atoms with Gasteiger partial charge in [-0.05, 0) is 49.9 Å². The lowest BCUT2D eigenvalue weighted by molar-refractivity contribution is 0.0406. The van der Waals surface area contributed by atoms with Gasteiger partial charge in [-0.1, -0.05) is 18.9 Å². The van der Waals surface area contributed by atoms with Crippen molar-refractivity contribution in [1.29, 1.82) is 0 Å². The second kappa shape index (κ2) is 7.25. The minimum atomic E-state index is -0.575. The molecule has 1 aromatic carbocycles. The van der Waals surface area contributed by atoms with Crippen molar-refractivity contribution in [2.75, 3.05) is 19.7 Å². The fraction of sp³-hybridized carbons (Fsp3) is 0.647. The Balaban J connectivity index is 1.68. The van der Waals surface area contributed by atoms with Gasteiger partial charge < -0.3 is 20.3 Å². The molecule has 4 heteroatoms. The van der Waals surface area contributed by atoms with E-state index in [0.717, 1.165) is 42.6 Å². The topological polar surface area (TPSA) is 61.7 Å². The van der Waals surface area contributed by atoms with Gasteiger partial charge in [0.05, 0.1) is 5.60 Å². The molecule has 0 bridgehead atoms. The maximum Gasteiger partial charge on any atom is 0.119 e. The van der Waals surface area contributed by atoms with Crippen LogP contribution in [0.2, 0.25) is 0 Å². The van der Waals surface area contributed by atoms with Gasteiger partial charge in [0.15, 0.2) is 0 Å². The van der Waals surface area contributed by atoms with Gasteiger partial charge in [-0.3, -0.25) is 0 Å². The predicted octanol–water partition coefficient (Wildman–Crippen LogP) is 1.94. The third kappa shape index (κ3) is 5.30. The van der Waals surface area contributed by atoms with E-state index in [1.54, 1.807) is 0 Å². The van der Waals surface area contributed by atoms with Crippen molar-refractivity contribution in [2.45, 2.75) is 51.2 Å². The van der Waals surface area contributed by atoms with Crippen LogP contribution in [0.25, 0.3) is 0 Å².